The molecule has 0 bridgehead atoms. The molecular weight excluding hydrogens is 228 g/mol. The SMILES string of the molecule is COC(=O)c1ccc(CC2(C)CCCC2=O)cc1. The number of methoxy groups -OCH3 is 1. The van der Waals surface area contributed by atoms with E-state index in [-0.39, 0.29) is 11.4 Å². The molecule has 0 amide bonds. The topological polar surface area (TPSA) is 43.4 Å². The van der Waals surface area contributed by atoms with E-state index in [9.17, 15) is 9.59 Å². The minimum atomic E-state index is -0.329. The molecule has 1 fully saturated rings. The number of hydrogen-bond donors (Lipinski definition) is 0. The molecule has 1 atom stereocenters. The fourth-order valence-electron chi connectivity index (χ4n) is 2.59. The molecule has 2 rings (SSSR count). The number of ketones is 1. The summed E-state index contributed by atoms with van der Waals surface area (Å²) in [5.74, 6) is 0.0317. The maximum absolute atomic E-state index is 11.8. The van der Waals surface area contributed by atoms with Crippen LogP contribution in [0.3, 0.4) is 0 Å². The molecule has 0 saturated heterocycles. The van der Waals surface area contributed by atoms with E-state index in [1.54, 1.807) is 12.1 Å². The summed E-state index contributed by atoms with van der Waals surface area (Å²) in [6.07, 6.45) is 3.42. The normalized spacial score (nSPS) is 23.1. The molecule has 96 valence electrons. The molecule has 0 radical (unpaired) electrons. The lowest BCUT2D eigenvalue weighted by atomic mass is 9.81. The molecule has 1 aliphatic rings. The lowest BCUT2D eigenvalue weighted by Gasteiger charge is -2.21. The van der Waals surface area contributed by atoms with Gasteiger partial charge in [0, 0.05) is 11.8 Å². The molecule has 3 heteroatoms. The zero-order chi connectivity index (χ0) is 13.2. The van der Waals surface area contributed by atoms with E-state index >= 15 is 0 Å². The second-order valence-electron chi connectivity index (χ2n) is 5.20. The van der Waals surface area contributed by atoms with Crippen LogP contribution in [-0.2, 0) is 16.0 Å². The van der Waals surface area contributed by atoms with Gasteiger partial charge in [-0.25, -0.2) is 4.79 Å². The average Bonchev–Trinajstić information content (AvgIpc) is 2.69. The molecule has 3 nitrogen and oxygen atoms in total. The Morgan fingerprint density at radius 1 is 1.33 bits per heavy atom. The van der Waals surface area contributed by atoms with Crippen LogP contribution < -0.4 is 0 Å². The van der Waals surface area contributed by atoms with Crippen molar-refractivity contribution in [2.24, 2.45) is 5.41 Å². The maximum atomic E-state index is 11.8. The highest BCUT2D eigenvalue weighted by atomic mass is 16.5. The Bertz CT molecular complexity index is 461. The van der Waals surface area contributed by atoms with Crippen molar-refractivity contribution in [3.8, 4) is 0 Å². The van der Waals surface area contributed by atoms with Gasteiger partial charge in [0.25, 0.3) is 0 Å². The van der Waals surface area contributed by atoms with Gasteiger partial charge in [0.2, 0.25) is 0 Å². The molecule has 0 aliphatic heterocycles. The number of rotatable bonds is 3. The van der Waals surface area contributed by atoms with Gasteiger partial charge in [-0.15, -0.1) is 0 Å². The summed E-state index contributed by atoms with van der Waals surface area (Å²) >= 11 is 0. The molecule has 1 aliphatic carbocycles. The first-order valence-corrected chi connectivity index (χ1v) is 6.26. The van der Waals surface area contributed by atoms with Crippen molar-refractivity contribution in [2.75, 3.05) is 7.11 Å². The van der Waals surface area contributed by atoms with Crippen molar-refractivity contribution in [3.63, 3.8) is 0 Å². The van der Waals surface area contributed by atoms with Gasteiger partial charge < -0.3 is 4.74 Å². The lowest BCUT2D eigenvalue weighted by molar-refractivity contribution is -0.125. The van der Waals surface area contributed by atoms with Gasteiger partial charge in [-0.2, -0.15) is 0 Å². The van der Waals surface area contributed by atoms with E-state index in [1.807, 2.05) is 19.1 Å². The first kappa shape index (κ1) is 12.8. The molecular formula is C15H18O3. The third-order valence-electron chi connectivity index (χ3n) is 3.77. The smallest absolute Gasteiger partial charge is 0.337 e. The minimum absolute atomic E-state index is 0.215. The van der Waals surface area contributed by atoms with Crippen LogP contribution in [0.2, 0.25) is 0 Å². The van der Waals surface area contributed by atoms with Gasteiger partial charge in [0.05, 0.1) is 12.7 Å². The summed E-state index contributed by atoms with van der Waals surface area (Å²) in [6, 6.07) is 7.32. The summed E-state index contributed by atoms with van der Waals surface area (Å²) < 4.78 is 4.65. The molecule has 1 unspecified atom stereocenters. The Labute approximate surface area is 107 Å². The number of Topliss-reactive ketones (excluding diaryl/α,β-unsaturated/α-hetero) is 1. The summed E-state index contributed by atoms with van der Waals surface area (Å²) in [5.41, 5.74) is 1.43. The van der Waals surface area contributed by atoms with E-state index in [1.165, 1.54) is 7.11 Å². The minimum Gasteiger partial charge on any atom is -0.465 e. The van der Waals surface area contributed by atoms with Crippen LogP contribution >= 0.6 is 0 Å². The van der Waals surface area contributed by atoms with E-state index in [4.69, 9.17) is 0 Å². The first-order chi connectivity index (χ1) is 8.55. The van der Waals surface area contributed by atoms with Gasteiger partial charge >= 0.3 is 5.97 Å². The molecule has 1 saturated carbocycles. The number of ether oxygens (including phenoxy) is 1. The van der Waals surface area contributed by atoms with Crippen molar-refractivity contribution >= 4 is 11.8 Å². The standard InChI is InChI=1S/C15H18O3/c1-15(9-3-4-13(15)16)10-11-5-7-12(8-6-11)14(17)18-2/h5-8H,3-4,9-10H2,1-2H3. The van der Waals surface area contributed by atoms with Crippen LogP contribution in [0.15, 0.2) is 24.3 Å². The van der Waals surface area contributed by atoms with Crippen LogP contribution in [0, 0.1) is 5.41 Å². The number of carbonyl (C=O) groups is 2. The fourth-order valence-corrected chi connectivity index (χ4v) is 2.59. The van der Waals surface area contributed by atoms with Gasteiger partial charge in [-0.05, 0) is 37.0 Å². The Hall–Kier alpha value is -1.64. The molecule has 18 heavy (non-hydrogen) atoms. The van der Waals surface area contributed by atoms with E-state index in [0.717, 1.165) is 24.8 Å². The molecule has 1 aromatic rings. The first-order valence-electron chi connectivity index (χ1n) is 6.26. The zero-order valence-electron chi connectivity index (χ0n) is 10.9. The molecule has 1 aromatic carbocycles. The van der Waals surface area contributed by atoms with Gasteiger partial charge in [0.15, 0.2) is 0 Å². The van der Waals surface area contributed by atoms with Crippen LogP contribution in [0.5, 0.6) is 0 Å². The monoisotopic (exact) mass is 246 g/mol. The maximum Gasteiger partial charge on any atom is 0.337 e. The predicted molar refractivity (Wildman–Crippen MR) is 68.5 cm³/mol. The highest BCUT2D eigenvalue weighted by molar-refractivity contribution is 5.89. The van der Waals surface area contributed by atoms with Crippen LogP contribution in [-0.4, -0.2) is 18.9 Å². The quantitative estimate of drug-likeness (QED) is 0.770. The van der Waals surface area contributed by atoms with E-state index < -0.39 is 0 Å². The second kappa shape index (κ2) is 4.92. The second-order valence-corrected chi connectivity index (χ2v) is 5.20. The summed E-state index contributed by atoms with van der Waals surface area (Å²) in [6.45, 7) is 2.04. The zero-order valence-corrected chi connectivity index (χ0v) is 10.9. The Balaban J connectivity index is 2.11. The van der Waals surface area contributed by atoms with Crippen molar-refractivity contribution in [3.05, 3.63) is 35.4 Å². The Kier molecular flexibility index (Phi) is 3.50. The van der Waals surface area contributed by atoms with Crippen molar-refractivity contribution in [1.29, 1.82) is 0 Å². The molecule has 0 aromatic heterocycles. The lowest BCUT2D eigenvalue weighted by Crippen LogP contribution is -2.24. The third-order valence-corrected chi connectivity index (χ3v) is 3.77. The Morgan fingerprint density at radius 3 is 2.50 bits per heavy atom. The fraction of sp³-hybridized carbons (Fsp3) is 0.467. The van der Waals surface area contributed by atoms with Crippen LogP contribution in [0.25, 0.3) is 0 Å². The van der Waals surface area contributed by atoms with Gasteiger partial charge in [0.1, 0.15) is 5.78 Å². The Morgan fingerprint density at radius 2 is 2.00 bits per heavy atom. The number of hydrogen-bond acceptors (Lipinski definition) is 3. The van der Waals surface area contributed by atoms with Crippen molar-refractivity contribution in [1.82, 2.24) is 0 Å². The third kappa shape index (κ3) is 2.45. The largest absolute Gasteiger partial charge is 0.465 e. The van der Waals surface area contributed by atoms with E-state index in [2.05, 4.69) is 4.74 Å². The average molecular weight is 246 g/mol. The summed E-state index contributed by atoms with van der Waals surface area (Å²) in [5, 5.41) is 0. The number of esters is 1. The number of benzene rings is 1. The van der Waals surface area contributed by atoms with Crippen LogP contribution in [0.1, 0.15) is 42.1 Å². The summed E-state index contributed by atoms with van der Waals surface area (Å²) in [7, 11) is 1.37. The highest BCUT2D eigenvalue weighted by Crippen LogP contribution is 2.37. The van der Waals surface area contributed by atoms with Crippen molar-refractivity contribution in [2.45, 2.75) is 32.6 Å². The summed E-state index contributed by atoms with van der Waals surface area (Å²) in [4.78, 5) is 23.2. The molecule has 0 spiro atoms. The molecule has 0 N–H and O–H groups in total. The van der Waals surface area contributed by atoms with Crippen LogP contribution in [0.4, 0.5) is 0 Å². The molecule has 0 heterocycles. The number of carbonyl (C=O) groups excluding carboxylic acids is 2. The van der Waals surface area contributed by atoms with E-state index in [0.29, 0.717) is 17.8 Å². The predicted octanol–water partition coefficient (Wildman–Crippen LogP) is 2.78. The van der Waals surface area contributed by atoms with Gasteiger partial charge in [-0.1, -0.05) is 19.1 Å². The van der Waals surface area contributed by atoms with Crippen molar-refractivity contribution < 1.29 is 14.3 Å². The highest BCUT2D eigenvalue weighted by Gasteiger charge is 2.37. The van der Waals surface area contributed by atoms with Gasteiger partial charge in [-0.3, -0.25) is 4.79 Å².